The van der Waals surface area contributed by atoms with E-state index in [-0.39, 0.29) is 5.92 Å². The molecule has 0 saturated carbocycles. The van der Waals surface area contributed by atoms with E-state index in [4.69, 9.17) is 9.26 Å². The highest BCUT2D eigenvalue weighted by Crippen LogP contribution is 2.17. The molecule has 7 heteroatoms. The van der Waals surface area contributed by atoms with Crippen LogP contribution in [0.5, 0.6) is 5.88 Å². The van der Waals surface area contributed by atoms with Crippen LogP contribution in [0.15, 0.2) is 16.9 Å². The molecule has 0 aliphatic heterocycles. The van der Waals surface area contributed by atoms with Gasteiger partial charge in [0.2, 0.25) is 5.89 Å². The molecule has 1 N–H and O–H groups in total. The average Bonchev–Trinajstić information content (AvgIpc) is 2.85. The van der Waals surface area contributed by atoms with E-state index in [1.807, 2.05) is 13.8 Å². The van der Waals surface area contributed by atoms with Crippen LogP contribution in [0, 0.1) is 0 Å². The topological polar surface area (TPSA) is 86.0 Å². The predicted octanol–water partition coefficient (Wildman–Crippen LogP) is 1.60. The number of nitrogens with zero attached hydrogens (tertiary/aromatic N) is 4. The molecule has 18 heavy (non-hydrogen) atoms. The third-order valence-corrected chi connectivity index (χ3v) is 2.25. The van der Waals surface area contributed by atoms with Crippen molar-refractivity contribution in [2.24, 2.45) is 0 Å². The number of nitrogens with one attached hydrogen (secondary N) is 1. The molecule has 0 spiro atoms. The quantitative estimate of drug-likeness (QED) is 0.861. The Labute approximate surface area is 105 Å². The van der Waals surface area contributed by atoms with Gasteiger partial charge in [-0.25, -0.2) is 9.97 Å². The van der Waals surface area contributed by atoms with E-state index in [1.54, 1.807) is 19.5 Å². The molecule has 0 aliphatic carbocycles. The minimum atomic E-state index is 0.220. The normalized spacial score (nSPS) is 10.7. The van der Waals surface area contributed by atoms with Crippen molar-refractivity contribution in [3.8, 4) is 5.88 Å². The molecular formula is C11H15N5O2. The summed E-state index contributed by atoms with van der Waals surface area (Å²) in [6.07, 6.45) is 3.15. The average molecular weight is 249 g/mol. The maximum absolute atomic E-state index is 5.10. The number of aromatic nitrogens is 4. The molecular weight excluding hydrogens is 234 g/mol. The second-order valence-electron chi connectivity index (χ2n) is 3.97. The molecule has 2 aromatic rings. The highest BCUT2D eigenvalue weighted by Gasteiger charge is 2.11. The first-order chi connectivity index (χ1) is 8.70. The Morgan fingerprint density at radius 1 is 1.33 bits per heavy atom. The standard InChI is InChI=1S/C11H15N5O2/c1-7(2)10-15-8(16-18-10)6-14-9-11(17-3)13-5-4-12-9/h4-5,7H,6H2,1-3H3,(H,12,14). The zero-order chi connectivity index (χ0) is 13.0. The molecule has 0 fully saturated rings. The Hall–Kier alpha value is -2.18. The Balaban J connectivity index is 2.02. The van der Waals surface area contributed by atoms with Crippen molar-refractivity contribution in [3.05, 3.63) is 24.1 Å². The van der Waals surface area contributed by atoms with Gasteiger partial charge in [-0.3, -0.25) is 0 Å². The van der Waals surface area contributed by atoms with E-state index in [9.17, 15) is 0 Å². The van der Waals surface area contributed by atoms with Crippen LogP contribution in [-0.2, 0) is 6.54 Å². The van der Waals surface area contributed by atoms with Crippen LogP contribution >= 0.6 is 0 Å². The lowest BCUT2D eigenvalue weighted by Crippen LogP contribution is -2.05. The van der Waals surface area contributed by atoms with Crippen LogP contribution in [0.1, 0.15) is 31.5 Å². The molecule has 7 nitrogen and oxygen atoms in total. The Bertz CT molecular complexity index is 512. The largest absolute Gasteiger partial charge is 0.478 e. The van der Waals surface area contributed by atoms with Crippen molar-refractivity contribution in [1.29, 1.82) is 0 Å². The van der Waals surface area contributed by atoms with E-state index >= 15 is 0 Å². The van der Waals surface area contributed by atoms with Gasteiger partial charge in [0.15, 0.2) is 11.6 Å². The minimum Gasteiger partial charge on any atom is -0.478 e. The van der Waals surface area contributed by atoms with Crippen LogP contribution in [0.2, 0.25) is 0 Å². The van der Waals surface area contributed by atoms with Gasteiger partial charge in [-0.05, 0) is 0 Å². The van der Waals surface area contributed by atoms with Gasteiger partial charge in [0.25, 0.3) is 5.88 Å². The van der Waals surface area contributed by atoms with Gasteiger partial charge in [-0.15, -0.1) is 0 Å². The lowest BCUT2D eigenvalue weighted by molar-refractivity contribution is 0.361. The van der Waals surface area contributed by atoms with Crippen LogP contribution < -0.4 is 10.1 Å². The summed E-state index contributed by atoms with van der Waals surface area (Å²) in [6.45, 7) is 4.40. The number of hydrogen-bond acceptors (Lipinski definition) is 7. The second kappa shape index (κ2) is 5.44. The number of ether oxygens (including phenoxy) is 1. The first kappa shape index (κ1) is 12.3. The molecule has 0 bridgehead atoms. The zero-order valence-corrected chi connectivity index (χ0v) is 10.5. The highest BCUT2D eigenvalue weighted by molar-refractivity contribution is 5.44. The monoisotopic (exact) mass is 249 g/mol. The maximum Gasteiger partial charge on any atom is 0.257 e. The zero-order valence-electron chi connectivity index (χ0n) is 10.5. The number of methoxy groups -OCH3 is 1. The molecule has 0 saturated heterocycles. The van der Waals surface area contributed by atoms with Crippen LogP contribution in [0.3, 0.4) is 0 Å². The van der Waals surface area contributed by atoms with Crippen molar-refractivity contribution < 1.29 is 9.26 Å². The fourth-order valence-corrected chi connectivity index (χ4v) is 1.33. The van der Waals surface area contributed by atoms with Gasteiger partial charge in [-0.2, -0.15) is 4.98 Å². The van der Waals surface area contributed by atoms with Crippen molar-refractivity contribution in [1.82, 2.24) is 20.1 Å². The second-order valence-corrected chi connectivity index (χ2v) is 3.97. The van der Waals surface area contributed by atoms with Crippen LogP contribution in [0.4, 0.5) is 5.82 Å². The van der Waals surface area contributed by atoms with E-state index < -0.39 is 0 Å². The summed E-state index contributed by atoms with van der Waals surface area (Å²) < 4.78 is 10.2. The first-order valence-corrected chi connectivity index (χ1v) is 5.62. The summed E-state index contributed by atoms with van der Waals surface area (Å²) in [5.41, 5.74) is 0. The van der Waals surface area contributed by atoms with Gasteiger partial charge in [0.05, 0.1) is 13.7 Å². The van der Waals surface area contributed by atoms with Crippen molar-refractivity contribution in [2.75, 3.05) is 12.4 Å². The van der Waals surface area contributed by atoms with Gasteiger partial charge in [0, 0.05) is 18.3 Å². The Morgan fingerprint density at radius 2 is 2.11 bits per heavy atom. The van der Waals surface area contributed by atoms with Gasteiger partial charge >= 0.3 is 0 Å². The minimum absolute atomic E-state index is 0.220. The first-order valence-electron chi connectivity index (χ1n) is 5.62. The summed E-state index contributed by atoms with van der Waals surface area (Å²) in [6, 6.07) is 0. The molecule has 2 aromatic heterocycles. The van der Waals surface area contributed by atoms with Crippen molar-refractivity contribution >= 4 is 5.82 Å². The molecule has 0 aliphatic rings. The highest BCUT2D eigenvalue weighted by atomic mass is 16.5. The van der Waals surface area contributed by atoms with E-state index in [1.165, 1.54) is 0 Å². The molecule has 0 radical (unpaired) electrons. The Kier molecular flexibility index (Phi) is 3.71. The third-order valence-electron chi connectivity index (χ3n) is 2.25. The maximum atomic E-state index is 5.10. The summed E-state index contributed by atoms with van der Waals surface area (Å²) in [7, 11) is 1.54. The smallest absolute Gasteiger partial charge is 0.257 e. The predicted molar refractivity (Wildman–Crippen MR) is 64.3 cm³/mol. The Morgan fingerprint density at radius 3 is 2.78 bits per heavy atom. The summed E-state index contributed by atoms with van der Waals surface area (Å²) in [4.78, 5) is 12.4. The molecule has 2 heterocycles. The molecule has 0 amide bonds. The summed E-state index contributed by atoms with van der Waals surface area (Å²) >= 11 is 0. The molecule has 96 valence electrons. The van der Waals surface area contributed by atoms with Crippen molar-refractivity contribution in [2.45, 2.75) is 26.3 Å². The van der Waals surface area contributed by atoms with Gasteiger partial charge in [-0.1, -0.05) is 19.0 Å². The van der Waals surface area contributed by atoms with Gasteiger partial charge < -0.3 is 14.6 Å². The van der Waals surface area contributed by atoms with E-state index in [2.05, 4.69) is 25.4 Å². The molecule has 0 atom stereocenters. The van der Waals surface area contributed by atoms with Crippen molar-refractivity contribution in [3.63, 3.8) is 0 Å². The summed E-state index contributed by atoms with van der Waals surface area (Å²) in [5.74, 6) is 2.41. The fraction of sp³-hybridized carbons (Fsp3) is 0.455. The third kappa shape index (κ3) is 2.73. The van der Waals surface area contributed by atoms with Crippen LogP contribution in [0.25, 0.3) is 0 Å². The molecule has 0 unspecified atom stereocenters. The fourth-order valence-electron chi connectivity index (χ4n) is 1.33. The van der Waals surface area contributed by atoms with E-state index in [0.717, 1.165) is 0 Å². The lowest BCUT2D eigenvalue weighted by Gasteiger charge is -2.05. The summed E-state index contributed by atoms with van der Waals surface area (Å²) in [5, 5.41) is 6.92. The van der Waals surface area contributed by atoms with Crippen LogP contribution in [-0.4, -0.2) is 27.2 Å². The SMILES string of the molecule is COc1nccnc1NCc1noc(C(C)C)n1. The lowest BCUT2D eigenvalue weighted by atomic mass is 10.2. The number of hydrogen-bond donors (Lipinski definition) is 1. The molecule has 0 aromatic carbocycles. The number of rotatable bonds is 5. The van der Waals surface area contributed by atoms with Gasteiger partial charge in [0.1, 0.15) is 0 Å². The molecule has 2 rings (SSSR count). The van der Waals surface area contributed by atoms with E-state index in [0.29, 0.717) is 30.0 Å². The number of anilines is 1.